The monoisotopic (exact) mass is 674 g/mol. The van der Waals surface area contributed by atoms with Crippen LogP contribution in [0.2, 0.25) is 0 Å². The molecule has 4 heterocycles. The van der Waals surface area contributed by atoms with Gasteiger partial charge >= 0.3 is 5.97 Å². The second-order valence-corrected chi connectivity index (χ2v) is 15.1. The van der Waals surface area contributed by atoms with Crippen molar-refractivity contribution in [3.05, 3.63) is 23.8 Å². The minimum atomic E-state index is -0.422. The summed E-state index contributed by atoms with van der Waals surface area (Å²) in [4.78, 5) is 35.7. The van der Waals surface area contributed by atoms with E-state index in [4.69, 9.17) is 33.2 Å². The minimum absolute atomic E-state index is 0.0208. The van der Waals surface area contributed by atoms with Crippen molar-refractivity contribution in [2.24, 2.45) is 11.8 Å². The standard InChI is InChI=1S/C22H34O6.C16H24O4/c1-4-26-18(24)12-10-8-6-5-7-9-11-17-21(2,28-17)20-19(25-3)16(23)13-14-22(20)15-27-22;1-10(2)5-6-12-15(3,20-12)14-13(18-4)11(17)7-8-16(14)9-19-16/h7,9,17,19-20H,4-6,8,10-15H2,1-3H3;5,12-14H,6-9H2,1-4H3/b9-7+;/t17-,19-,20-,21+,22+;12-,13-,14-,15+,16+/m11/s1. The van der Waals surface area contributed by atoms with Crippen molar-refractivity contribution in [1.29, 1.82) is 0 Å². The number of Topliss-reactive ketones (excluding diaryl/α,β-unsaturated/α-hetero) is 2. The highest BCUT2D eigenvalue weighted by Crippen LogP contribution is 2.60. The van der Waals surface area contributed by atoms with Gasteiger partial charge in [0.2, 0.25) is 0 Å². The first-order valence-corrected chi connectivity index (χ1v) is 18.1. The summed E-state index contributed by atoms with van der Waals surface area (Å²) in [7, 11) is 3.23. The Morgan fingerprint density at radius 1 is 0.812 bits per heavy atom. The maximum absolute atomic E-state index is 12.3. The molecule has 0 amide bonds. The van der Waals surface area contributed by atoms with Gasteiger partial charge in [0.05, 0.1) is 43.9 Å². The van der Waals surface area contributed by atoms with Crippen LogP contribution in [-0.4, -0.2) is 98.4 Å². The summed E-state index contributed by atoms with van der Waals surface area (Å²) in [6.07, 6.45) is 15.0. The average Bonchev–Trinajstić information content (AvgIpc) is 3.92. The minimum Gasteiger partial charge on any atom is -0.466 e. The summed E-state index contributed by atoms with van der Waals surface area (Å²) in [5.74, 6) is 0.263. The Morgan fingerprint density at radius 3 is 1.79 bits per heavy atom. The Morgan fingerprint density at radius 2 is 1.33 bits per heavy atom. The van der Waals surface area contributed by atoms with Crippen LogP contribution in [0.25, 0.3) is 0 Å². The van der Waals surface area contributed by atoms with Crippen molar-refractivity contribution in [3.63, 3.8) is 0 Å². The van der Waals surface area contributed by atoms with Crippen molar-refractivity contribution in [3.8, 4) is 0 Å². The first kappa shape index (κ1) is 37.3. The lowest BCUT2D eigenvalue weighted by molar-refractivity contribution is -0.143. The first-order valence-electron chi connectivity index (χ1n) is 18.1. The summed E-state index contributed by atoms with van der Waals surface area (Å²) in [5, 5.41) is 0. The van der Waals surface area contributed by atoms with Gasteiger partial charge < -0.3 is 33.2 Å². The molecule has 4 aliphatic heterocycles. The van der Waals surface area contributed by atoms with Gasteiger partial charge in [0.15, 0.2) is 11.6 Å². The highest BCUT2D eigenvalue weighted by atomic mass is 16.6. The van der Waals surface area contributed by atoms with Gasteiger partial charge in [-0.1, -0.05) is 30.2 Å². The number of hydrogen-bond acceptors (Lipinski definition) is 10. The van der Waals surface area contributed by atoms with Gasteiger partial charge in [0, 0.05) is 33.5 Å². The van der Waals surface area contributed by atoms with Gasteiger partial charge in [0.25, 0.3) is 0 Å². The van der Waals surface area contributed by atoms with Gasteiger partial charge in [-0.2, -0.15) is 0 Å². The number of rotatable bonds is 15. The topological polar surface area (TPSA) is 129 Å². The van der Waals surface area contributed by atoms with Crippen molar-refractivity contribution in [2.75, 3.05) is 34.0 Å². The number of ketones is 2. The predicted molar refractivity (Wildman–Crippen MR) is 179 cm³/mol. The summed E-state index contributed by atoms with van der Waals surface area (Å²) < 4.78 is 39.6. The third-order valence-corrected chi connectivity index (χ3v) is 11.5. The number of carbonyl (C=O) groups is 3. The molecule has 48 heavy (non-hydrogen) atoms. The van der Waals surface area contributed by atoms with E-state index in [1.54, 1.807) is 14.2 Å². The fraction of sp³-hybridized carbons (Fsp3) is 0.816. The van der Waals surface area contributed by atoms with E-state index in [0.717, 1.165) is 58.0 Å². The van der Waals surface area contributed by atoms with E-state index in [2.05, 4.69) is 45.9 Å². The highest BCUT2D eigenvalue weighted by molar-refractivity contribution is 5.85. The van der Waals surface area contributed by atoms with Crippen LogP contribution in [-0.2, 0) is 47.5 Å². The Hall–Kier alpha value is -1.95. The molecule has 0 aromatic heterocycles. The number of allylic oxidation sites excluding steroid dienone is 2. The van der Waals surface area contributed by atoms with Crippen LogP contribution in [0.3, 0.4) is 0 Å². The van der Waals surface area contributed by atoms with Crippen molar-refractivity contribution >= 4 is 17.5 Å². The molecule has 10 heteroatoms. The summed E-state index contributed by atoms with van der Waals surface area (Å²) >= 11 is 0. The number of carbonyl (C=O) groups excluding carboxylic acids is 3. The number of epoxide rings is 4. The van der Waals surface area contributed by atoms with Crippen molar-refractivity contribution < 1.29 is 47.5 Å². The van der Waals surface area contributed by atoms with Gasteiger partial charge in [0.1, 0.15) is 34.6 Å². The lowest BCUT2D eigenvalue weighted by atomic mass is 9.69. The molecular formula is C38H58O10. The predicted octanol–water partition coefficient (Wildman–Crippen LogP) is 5.63. The van der Waals surface area contributed by atoms with E-state index in [-0.39, 0.29) is 70.1 Å². The molecule has 6 fully saturated rings. The molecule has 2 aliphatic carbocycles. The summed E-state index contributed by atoms with van der Waals surface area (Å²) in [5.41, 5.74) is 0.253. The number of hydrogen-bond donors (Lipinski definition) is 0. The molecule has 0 aromatic rings. The first-order chi connectivity index (χ1) is 22.9. The lowest BCUT2D eigenvalue weighted by Gasteiger charge is -2.37. The van der Waals surface area contributed by atoms with Crippen LogP contribution in [0.15, 0.2) is 23.8 Å². The summed E-state index contributed by atoms with van der Waals surface area (Å²) in [6, 6.07) is 0. The second kappa shape index (κ2) is 15.1. The van der Waals surface area contributed by atoms with E-state index in [9.17, 15) is 14.4 Å². The number of unbranched alkanes of at least 4 members (excludes halogenated alkanes) is 3. The van der Waals surface area contributed by atoms with E-state index >= 15 is 0 Å². The Bertz CT molecular complexity index is 1230. The van der Waals surface area contributed by atoms with Crippen LogP contribution in [0.4, 0.5) is 0 Å². The largest absolute Gasteiger partial charge is 0.466 e. The third kappa shape index (κ3) is 8.00. The SMILES string of the molecule is CCOC(=O)CCCCC/C=C/C[C@H]1O[C@]1(C)[C@H]1[C@H](OC)C(=O)CC[C@]12CO2.CO[C@@H]1C(=O)CC[C@]2(CO2)[C@H]1[C@@]1(C)O[C@@H]1CC=C(C)C. The molecule has 6 aliphatic rings. The maximum atomic E-state index is 12.3. The number of methoxy groups -OCH3 is 2. The summed E-state index contributed by atoms with van der Waals surface area (Å²) in [6.45, 7) is 12.1. The molecular weight excluding hydrogens is 616 g/mol. The molecule has 0 radical (unpaired) electrons. The number of ether oxygens (including phenoxy) is 7. The van der Waals surface area contributed by atoms with Gasteiger partial charge in [-0.3, -0.25) is 14.4 Å². The van der Waals surface area contributed by atoms with Gasteiger partial charge in [-0.15, -0.1) is 0 Å². The molecule has 0 N–H and O–H groups in total. The molecule has 270 valence electrons. The molecule has 10 atom stereocenters. The number of esters is 1. The maximum Gasteiger partial charge on any atom is 0.305 e. The molecule has 2 spiro atoms. The zero-order chi connectivity index (χ0) is 34.7. The second-order valence-electron chi connectivity index (χ2n) is 15.1. The van der Waals surface area contributed by atoms with E-state index in [0.29, 0.717) is 32.5 Å². The fourth-order valence-electron chi connectivity index (χ4n) is 8.48. The zero-order valence-corrected chi connectivity index (χ0v) is 30.2. The van der Waals surface area contributed by atoms with Crippen LogP contribution >= 0.6 is 0 Å². The molecule has 0 unspecified atom stereocenters. The van der Waals surface area contributed by atoms with Crippen LogP contribution < -0.4 is 0 Å². The average molecular weight is 675 g/mol. The van der Waals surface area contributed by atoms with E-state index in [1.807, 2.05) is 6.92 Å². The molecule has 2 saturated carbocycles. The normalized spacial score (nSPS) is 40.8. The Balaban J connectivity index is 0.000000198. The zero-order valence-electron chi connectivity index (χ0n) is 30.2. The van der Waals surface area contributed by atoms with E-state index in [1.165, 1.54) is 5.57 Å². The van der Waals surface area contributed by atoms with E-state index < -0.39 is 6.10 Å². The molecule has 0 aromatic carbocycles. The Labute approximate surface area is 286 Å². The van der Waals surface area contributed by atoms with Gasteiger partial charge in [-0.05, 0) is 79.6 Å². The Kier molecular flexibility index (Phi) is 11.7. The smallest absolute Gasteiger partial charge is 0.305 e. The van der Waals surface area contributed by atoms with Crippen LogP contribution in [0.1, 0.15) is 105 Å². The van der Waals surface area contributed by atoms with Crippen LogP contribution in [0, 0.1) is 11.8 Å². The molecule has 10 nitrogen and oxygen atoms in total. The molecule has 4 saturated heterocycles. The highest BCUT2D eigenvalue weighted by Gasteiger charge is 2.73. The van der Waals surface area contributed by atoms with Crippen molar-refractivity contribution in [1.82, 2.24) is 0 Å². The third-order valence-electron chi connectivity index (χ3n) is 11.5. The quantitative estimate of drug-likeness (QED) is 0.0933. The van der Waals surface area contributed by atoms with Crippen molar-refractivity contribution in [2.45, 2.75) is 152 Å². The molecule has 6 rings (SSSR count). The lowest BCUT2D eigenvalue weighted by Crippen LogP contribution is -2.52. The van der Waals surface area contributed by atoms with Gasteiger partial charge in [-0.25, -0.2) is 0 Å². The molecule has 0 bridgehead atoms. The fourth-order valence-corrected chi connectivity index (χ4v) is 8.48. The van der Waals surface area contributed by atoms with Crippen LogP contribution in [0.5, 0.6) is 0 Å².